The second-order valence-electron chi connectivity index (χ2n) is 9.51. The summed E-state index contributed by atoms with van der Waals surface area (Å²) in [4.78, 5) is 11.0. The smallest absolute Gasteiger partial charge is 0.335 e. The lowest BCUT2D eigenvalue weighted by atomic mass is 9.72. The topological polar surface area (TPSA) is 37.3 Å². The SMILES string of the molecule is CC(C)(C)C=CC1=CCC(C)(C)c2ccc(/C=C/c3ccc(C(=O)O)cc3)cc21. The number of allylic oxidation sites excluding steroid dienone is 4. The standard InChI is InChI=1S/C27H30O2/c1-26(2,3)16-14-21-15-17-27(4,5)24-13-10-20(18-23(21)24)7-6-19-8-11-22(12-9-19)25(28)29/h6-16,18H,17H2,1-5H3,(H,28,29)/b7-6+,16-14?. The van der Waals surface area contributed by atoms with Crippen LogP contribution in [-0.4, -0.2) is 11.1 Å². The predicted octanol–water partition coefficient (Wildman–Crippen LogP) is 7.22. The van der Waals surface area contributed by atoms with E-state index >= 15 is 0 Å². The zero-order valence-electron chi connectivity index (χ0n) is 18.0. The van der Waals surface area contributed by atoms with Gasteiger partial charge in [-0.25, -0.2) is 4.79 Å². The van der Waals surface area contributed by atoms with E-state index in [4.69, 9.17) is 5.11 Å². The van der Waals surface area contributed by atoms with Crippen molar-refractivity contribution in [1.82, 2.24) is 0 Å². The third-order valence-corrected chi connectivity index (χ3v) is 5.30. The van der Waals surface area contributed by atoms with Crippen molar-refractivity contribution in [3.8, 4) is 0 Å². The lowest BCUT2D eigenvalue weighted by molar-refractivity contribution is 0.0697. The van der Waals surface area contributed by atoms with Gasteiger partial charge in [0.15, 0.2) is 0 Å². The third kappa shape index (κ3) is 5.14. The molecule has 0 spiro atoms. The van der Waals surface area contributed by atoms with Gasteiger partial charge in [-0.05, 0) is 63.3 Å². The minimum Gasteiger partial charge on any atom is -0.478 e. The number of aromatic carboxylic acids is 1. The van der Waals surface area contributed by atoms with Crippen molar-refractivity contribution in [3.63, 3.8) is 0 Å². The first-order valence-electron chi connectivity index (χ1n) is 10.1. The van der Waals surface area contributed by atoms with Crippen LogP contribution in [0, 0.1) is 5.41 Å². The molecule has 1 N–H and O–H groups in total. The maximum absolute atomic E-state index is 11.0. The normalized spacial score (nSPS) is 16.1. The fourth-order valence-electron chi connectivity index (χ4n) is 3.51. The van der Waals surface area contributed by atoms with Crippen molar-refractivity contribution in [3.05, 3.63) is 88.5 Å². The van der Waals surface area contributed by atoms with Crippen molar-refractivity contribution in [1.29, 1.82) is 0 Å². The van der Waals surface area contributed by atoms with Crippen LogP contribution in [0.15, 0.2) is 60.7 Å². The molecule has 1 aliphatic carbocycles. The average Bonchev–Trinajstić information content (AvgIpc) is 2.65. The van der Waals surface area contributed by atoms with Gasteiger partial charge in [0.05, 0.1) is 5.56 Å². The molecule has 0 saturated heterocycles. The molecule has 2 aromatic carbocycles. The summed E-state index contributed by atoms with van der Waals surface area (Å²) < 4.78 is 0. The number of carboxylic acid groups (broad SMARTS) is 1. The number of carbonyl (C=O) groups is 1. The number of benzene rings is 2. The van der Waals surface area contributed by atoms with Crippen molar-refractivity contribution >= 4 is 23.7 Å². The van der Waals surface area contributed by atoms with E-state index in [2.05, 4.69) is 77.1 Å². The third-order valence-electron chi connectivity index (χ3n) is 5.30. The van der Waals surface area contributed by atoms with E-state index in [0.717, 1.165) is 17.5 Å². The van der Waals surface area contributed by atoms with E-state index < -0.39 is 5.97 Å². The van der Waals surface area contributed by atoms with Gasteiger partial charge in [0.25, 0.3) is 0 Å². The summed E-state index contributed by atoms with van der Waals surface area (Å²) in [7, 11) is 0. The van der Waals surface area contributed by atoms with Crippen LogP contribution in [0.3, 0.4) is 0 Å². The van der Waals surface area contributed by atoms with Gasteiger partial charge in [0.1, 0.15) is 0 Å². The molecule has 0 aliphatic heterocycles. The average molecular weight is 387 g/mol. The molecule has 0 bridgehead atoms. The number of carboxylic acids is 1. The Hall–Kier alpha value is -2.87. The van der Waals surface area contributed by atoms with Gasteiger partial charge >= 0.3 is 5.97 Å². The largest absolute Gasteiger partial charge is 0.478 e. The van der Waals surface area contributed by atoms with Crippen molar-refractivity contribution in [2.45, 2.75) is 46.5 Å². The van der Waals surface area contributed by atoms with Gasteiger partial charge < -0.3 is 5.11 Å². The second kappa shape index (κ2) is 7.87. The Bertz CT molecular complexity index is 994. The van der Waals surface area contributed by atoms with Crippen LogP contribution >= 0.6 is 0 Å². The Morgan fingerprint density at radius 3 is 2.21 bits per heavy atom. The van der Waals surface area contributed by atoms with Crippen molar-refractivity contribution in [2.75, 3.05) is 0 Å². The van der Waals surface area contributed by atoms with E-state index in [1.807, 2.05) is 18.2 Å². The summed E-state index contributed by atoms with van der Waals surface area (Å²) in [6.07, 6.45) is 12.0. The van der Waals surface area contributed by atoms with Gasteiger partial charge in [0, 0.05) is 0 Å². The predicted molar refractivity (Wildman–Crippen MR) is 123 cm³/mol. The summed E-state index contributed by atoms with van der Waals surface area (Å²) in [5.41, 5.74) is 6.67. The van der Waals surface area contributed by atoms with Gasteiger partial charge in [-0.1, -0.05) is 89.3 Å². The Morgan fingerprint density at radius 1 is 0.966 bits per heavy atom. The molecule has 0 unspecified atom stereocenters. The zero-order valence-corrected chi connectivity index (χ0v) is 18.0. The van der Waals surface area contributed by atoms with Crippen molar-refractivity contribution < 1.29 is 9.90 Å². The first-order valence-corrected chi connectivity index (χ1v) is 10.1. The molecular formula is C27H30O2. The van der Waals surface area contributed by atoms with E-state index in [9.17, 15) is 4.79 Å². The summed E-state index contributed by atoms with van der Waals surface area (Å²) in [6.45, 7) is 11.2. The lowest BCUT2D eigenvalue weighted by Gasteiger charge is -2.32. The fourth-order valence-corrected chi connectivity index (χ4v) is 3.51. The Labute approximate surface area is 174 Å². The first kappa shape index (κ1) is 20.9. The minimum absolute atomic E-state index is 0.128. The molecule has 0 atom stereocenters. The van der Waals surface area contributed by atoms with E-state index in [1.165, 1.54) is 16.7 Å². The van der Waals surface area contributed by atoms with E-state index in [0.29, 0.717) is 5.56 Å². The maximum Gasteiger partial charge on any atom is 0.335 e. The molecule has 3 rings (SSSR count). The number of fused-ring (bicyclic) bond motifs is 1. The molecule has 150 valence electrons. The molecule has 0 amide bonds. The summed E-state index contributed by atoms with van der Waals surface area (Å²) in [5, 5.41) is 9.03. The molecule has 0 radical (unpaired) electrons. The molecule has 1 aliphatic rings. The number of hydrogen-bond donors (Lipinski definition) is 1. The van der Waals surface area contributed by atoms with E-state index in [1.54, 1.807) is 12.1 Å². The molecule has 29 heavy (non-hydrogen) atoms. The van der Waals surface area contributed by atoms with Crippen LogP contribution in [0.5, 0.6) is 0 Å². The quantitative estimate of drug-likeness (QED) is 0.563. The number of hydrogen-bond acceptors (Lipinski definition) is 1. The fraction of sp³-hybridized carbons (Fsp3) is 0.296. The Morgan fingerprint density at radius 2 is 1.59 bits per heavy atom. The molecular weight excluding hydrogens is 356 g/mol. The van der Waals surface area contributed by atoms with Gasteiger partial charge in [-0.2, -0.15) is 0 Å². The molecule has 2 aromatic rings. The van der Waals surface area contributed by atoms with Crippen LogP contribution in [0.4, 0.5) is 0 Å². The summed E-state index contributed by atoms with van der Waals surface area (Å²) in [6, 6.07) is 13.6. The van der Waals surface area contributed by atoms with Crippen LogP contribution in [-0.2, 0) is 5.41 Å². The summed E-state index contributed by atoms with van der Waals surface area (Å²) >= 11 is 0. The highest BCUT2D eigenvalue weighted by molar-refractivity contribution is 5.88. The van der Waals surface area contributed by atoms with Gasteiger partial charge in [-0.3, -0.25) is 0 Å². The lowest BCUT2D eigenvalue weighted by Crippen LogP contribution is -2.21. The molecule has 0 heterocycles. The minimum atomic E-state index is -0.902. The van der Waals surface area contributed by atoms with Gasteiger partial charge in [-0.15, -0.1) is 0 Å². The molecule has 2 nitrogen and oxygen atoms in total. The van der Waals surface area contributed by atoms with Gasteiger partial charge in [0.2, 0.25) is 0 Å². The highest BCUT2D eigenvalue weighted by atomic mass is 16.4. The van der Waals surface area contributed by atoms with Crippen molar-refractivity contribution in [2.24, 2.45) is 5.41 Å². The Balaban J connectivity index is 1.92. The highest BCUT2D eigenvalue weighted by Gasteiger charge is 2.27. The zero-order chi connectivity index (χ0) is 21.2. The number of rotatable bonds is 4. The molecule has 0 saturated carbocycles. The molecule has 0 fully saturated rings. The van der Waals surface area contributed by atoms with Crippen LogP contribution in [0.25, 0.3) is 17.7 Å². The van der Waals surface area contributed by atoms with Crippen LogP contribution in [0.2, 0.25) is 0 Å². The van der Waals surface area contributed by atoms with Crippen LogP contribution < -0.4 is 0 Å². The maximum atomic E-state index is 11.0. The molecule has 2 heteroatoms. The molecule has 0 aromatic heterocycles. The highest BCUT2D eigenvalue weighted by Crippen LogP contribution is 2.40. The summed E-state index contributed by atoms with van der Waals surface area (Å²) in [5.74, 6) is -0.902. The van der Waals surface area contributed by atoms with E-state index in [-0.39, 0.29) is 10.8 Å². The second-order valence-corrected chi connectivity index (χ2v) is 9.51. The first-order chi connectivity index (χ1) is 13.5. The van der Waals surface area contributed by atoms with Crippen LogP contribution in [0.1, 0.15) is 73.7 Å². The Kier molecular flexibility index (Phi) is 5.66. The monoisotopic (exact) mass is 386 g/mol.